The molecule has 0 unspecified atom stereocenters. The number of halogens is 1. The number of nitrogens with one attached hydrogen (secondary N) is 1. The number of H-pyrrole nitrogens is 1. The molecule has 0 bridgehead atoms. The Morgan fingerprint density at radius 1 is 1.42 bits per heavy atom. The molecule has 5 nitrogen and oxygen atoms in total. The SMILES string of the molecule is CCOC(=O)c1cc2c(nc(Cl)c3ccncc32)[nH]1. The van der Waals surface area contributed by atoms with E-state index in [1.165, 1.54) is 0 Å². The lowest BCUT2D eigenvalue weighted by atomic mass is 10.1. The Hall–Kier alpha value is -2.14. The van der Waals surface area contributed by atoms with Gasteiger partial charge in [0, 0.05) is 28.6 Å². The maximum absolute atomic E-state index is 11.7. The van der Waals surface area contributed by atoms with Crippen LogP contribution in [0.25, 0.3) is 21.8 Å². The van der Waals surface area contributed by atoms with Gasteiger partial charge in [-0.15, -0.1) is 0 Å². The topological polar surface area (TPSA) is 67.9 Å². The fourth-order valence-electron chi connectivity index (χ4n) is 2.00. The number of hydrogen-bond donors (Lipinski definition) is 1. The minimum atomic E-state index is -0.409. The monoisotopic (exact) mass is 275 g/mol. The zero-order valence-corrected chi connectivity index (χ0v) is 10.9. The first-order chi connectivity index (χ1) is 9.20. The van der Waals surface area contributed by atoms with Gasteiger partial charge < -0.3 is 9.72 Å². The van der Waals surface area contributed by atoms with Gasteiger partial charge in [-0.05, 0) is 19.1 Å². The standard InChI is InChI=1S/C13H10ClN3O2/c1-2-19-13(18)10-5-8-9-6-15-4-3-7(9)11(14)17-12(8)16-10/h3-6H,2H2,1H3,(H,16,17). The van der Waals surface area contributed by atoms with E-state index in [2.05, 4.69) is 15.0 Å². The lowest BCUT2D eigenvalue weighted by molar-refractivity contribution is 0.0520. The van der Waals surface area contributed by atoms with Gasteiger partial charge in [-0.2, -0.15) is 0 Å². The van der Waals surface area contributed by atoms with Gasteiger partial charge in [-0.1, -0.05) is 11.6 Å². The van der Waals surface area contributed by atoms with E-state index in [0.717, 1.165) is 16.2 Å². The first-order valence-corrected chi connectivity index (χ1v) is 6.17. The van der Waals surface area contributed by atoms with Crippen molar-refractivity contribution in [1.82, 2.24) is 15.0 Å². The molecule has 3 heterocycles. The molecule has 0 atom stereocenters. The summed E-state index contributed by atoms with van der Waals surface area (Å²) in [7, 11) is 0. The largest absolute Gasteiger partial charge is 0.461 e. The van der Waals surface area contributed by atoms with Crippen molar-refractivity contribution < 1.29 is 9.53 Å². The molecule has 0 aromatic carbocycles. The molecular formula is C13H10ClN3O2. The molecule has 3 aromatic rings. The second-order valence-electron chi connectivity index (χ2n) is 3.99. The minimum Gasteiger partial charge on any atom is -0.461 e. The Kier molecular flexibility index (Phi) is 2.83. The van der Waals surface area contributed by atoms with Crippen LogP contribution in [0.4, 0.5) is 0 Å². The summed E-state index contributed by atoms with van der Waals surface area (Å²) in [4.78, 5) is 22.9. The highest BCUT2D eigenvalue weighted by Gasteiger charge is 2.14. The second-order valence-corrected chi connectivity index (χ2v) is 4.35. The average molecular weight is 276 g/mol. The van der Waals surface area contributed by atoms with Crippen molar-refractivity contribution >= 4 is 39.4 Å². The van der Waals surface area contributed by atoms with Crippen LogP contribution < -0.4 is 0 Å². The van der Waals surface area contributed by atoms with E-state index in [9.17, 15) is 4.79 Å². The number of esters is 1. The highest BCUT2D eigenvalue weighted by Crippen LogP contribution is 2.28. The van der Waals surface area contributed by atoms with Crippen LogP contribution in [0, 0.1) is 0 Å². The third-order valence-corrected chi connectivity index (χ3v) is 3.12. The van der Waals surface area contributed by atoms with Gasteiger partial charge in [-0.3, -0.25) is 4.98 Å². The van der Waals surface area contributed by atoms with E-state index < -0.39 is 5.97 Å². The molecule has 0 aliphatic heterocycles. The number of pyridine rings is 2. The molecule has 0 aliphatic rings. The first kappa shape index (κ1) is 11.9. The zero-order chi connectivity index (χ0) is 13.4. The summed E-state index contributed by atoms with van der Waals surface area (Å²) in [5, 5.41) is 2.83. The van der Waals surface area contributed by atoms with E-state index in [1.54, 1.807) is 31.5 Å². The number of nitrogens with zero attached hydrogens (tertiary/aromatic N) is 2. The van der Waals surface area contributed by atoms with Crippen LogP contribution in [0.15, 0.2) is 24.5 Å². The van der Waals surface area contributed by atoms with Crippen LogP contribution in [0.1, 0.15) is 17.4 Å². The maximum atomic E-state index is 11.7. The molecule has 0 saturated heterocycles. The molecule has 1 N–H and O–H groups in total. The molecule has 0 saturated carbocycles. The van der Waals surface area contributed by atoms with Crippen LogP contribution in [0.3, 0.4) is 0 Å². The molecule has 0 aliphatic carbocycles. The van der Waals surface area contributed by atoms with Crippen molar-refractivity contribution in [3.05, 3.63) is 35.4 Å². The van der Waals surface area contributed by atoms with Gasteiger partial charge in [0.15, 0.2) is 0 Å². The van der Waals surface area contributed by atoms with Crippen LogP contribution in [0.5, 0.6) is 0 Å². The Morgan fingerprint density at radius 3 is 3.05 bits per heavy atom. The molecule has 3 aromatic heterocycles. The van der Waals surface area contributed by atoms with Crippen molar-refractivity contribution in [3.8, 4) is 0 Å². The number of aromatic amines is 1. The summed E-state index contributed by atoms with van der Waals surface area (Å²) in [6.07, 6.45) is 3.36. The van der Waals surface area contributed by atoms with E-state index in [1.807, 2.05) is 0 Å². The molecule has 0 amide bonds. The van der Waals surface area contributed by atoms with Crippen molar-refractivity contribution in [3.63, 3.8) is 0 Å². The predicted molar refractivity (Wildman–Crippen MR) is 72.4 cm³/mol. The van der Waals surface area contributed by atoms with Crippen LogP contribution in [-0.4, -0.2) is 27.5 Å². The van der Waals surface area contributed by atoms with Crippen molar-refractivity contribution in [2.75, 3.05) is 6.61 Å². The van der Waals surface area contributed by atoms with E-state index >= 15 is 0 Å². The molecule has 19 heavy (non-hydrogen) atoms. The van der Waals surface area contributed by atoms with Gasteiger partial charge in [0.05, 0.1) is 6.61 Å². The number of carbonyl (C=O) groups excluding carboxylic acids is 1. The van der Waals surface area contributed by atoms with Crippen LogP contribution in [-0.2, 0) is 4.74 Å². The highest BCUT2D eigenvalue weighted by atomic mass is 35.5. The zero-order valence-electron chi connectivity index (χ0n) is 10.1. The van der Waals surface area contributed by atoms with Crippen LogP contribution in [0.2, 0.25) is 5.15 Å². The number of hydrogen-bond acceptors (Lipinski definition) is 4. The number of fused-ring (bicyclic) bond motifs is 3. The summed E-state index contributed by atoms with van der Waals surface area (Å²) in [6, 6.07) is 3.50. The number of carbonyl (C=O) groups is 1. The number of rotatable bonds is 2. The van der Waals surface area contributed by atoms with Gasteiger partial charge >= 0.3 is 5.97 Å². The quantitative estimate of drug-likeness (QED) is 0.577. The Bertz CT molecular complexity index is 782. The van der Waals surface area contributed by atoms with Gasteiger partial charge in [0.2, 0.25) is 0 Å². The minimum absolute atomic E-state index is 0.324. The maximum Gasteiger partial charge on any atom is 0.354 e. The van der Waals surface area contributed by atoms with E-state index in [-0.39, 0.29) is 0 Å². The molecule has 3 rings (SSSR count). The molecule has 96 valence electrons. The Morgan fingerprint density at radius 2 is 2.26 bits per heavy atom. The van der Waals surface area contributed by atoms with Crippen molar-refractivity contribution in [1.29, 1.82) is 0 Å². The summed E-state index contributed by atoms with van der Waals surface area (Å²) in [5.74, 6) is -0.409. The summed E-state index contributed by atoms with van der Waals surface area (Å²) >= 11 is 6.11. The number of ether oxygens (including phenoxy) is 1. The second kappa shape index (κ2) is 4.51. The van der Waals surface area contributed by atoms with Crippen molar-refractivity contribution in [2.45, 2.75) is 6.92 Å². The third-order valence-electron chi connectivity index (χ3n) is 2.84. The smallest absolute Gasteiger partial charge is 0.354 e. The Balaban J connectivity index is 2.28. The fourth-order valence-corrected chi connectivity index (χ4v) is 2.25. The van der Waals surface area contributed by atoms with Crippen molar-refractivity contribution in [2.24, 2.45) is 0 Å². The number of aromatic nitrogens is 3. The molecule has 0 fully saturated rings. The fraction of sp³-hybridized carbons (Fsp3) is 0.154. The lowest BCUT2D eigenvalue weighted by Crippen LogP contribution is -2.04. The van der Waals surface area contributed by atoms with E-state index in [4.69, 9.17) is 16.3 Å². The van der Waals surface area contributed by atoms with Gasteiger partial charge in [0.25, 0.3) is 0 Å². The third kappa shape index (κ3) is 1.92. The predicted octanol–water partition coefficient (Wildman–Crippen LogP) is 2.94. The first-order valence-electron chi connectivity index (χ1n) is 5.79. The highest BCUT2D eigenvalue weighted by molar-refractivity contribution is 6.35. The van der Waals surface area contributed by atoms with E-state index in [0.29, 0.717) is 23.1 Å². The summed E-state index contributed by atoms with van der Waals surface area (Å²) < 4.78 is 4.95. The molecule has 0 radical (unpaired) electrons. The molecule has 6 heteroatoms. The van der Waals surface area contributed by atoms with Gasteiger partial charge in [0.1, 0.15) is 16.5 Å². The lowest BCUT2D eigenvalue weighted by Gasteiger charge is -1.99. The average Bonchev–Trinajstić information content (AvgIpc) is 2.83. The molecular weight excluding hydrogens is 266 g/mol. The summed E-state index contributed by atoms with van der Waals surface area (Å²) in [5.41, 5.74) is 0.908. The van der Waals surface area contributed by atoms with Crippen LogP contribution >= 0.6 is 11.6 Å². The molecule has 0 spiro atoms. The summed E-state index contributed by atoms with van der Waals surface area (Å²) in [6.45, 7) is 2.08. The Labute approximate surface area is 113 Å². The van der Waals surface area contributed by atoms with Gasteiger partial charge in [-0.25, -0.2) is 9.78 Å². The normalized spacial score (nSPS) is 11.1.